The van der Waals surface area contributed by atoms with Gasteiger partial charge in [0.2, 0.25) is 0 Å². The lowest BCUT2D eigenvalue weighted by Crippen LogP contribution is -1.94. The SMILES string of the molecule is CCC=C(C)OC(C)=O. The summed E-state index contributed by atoms with van der Waals surface area (Å²) >= 11 is 0. The van der Waals surface area contributed by atoms with Gasteiger partial charge in [-0.25, -0.2) is 0 Å². The highest BCUT2D eigenvalue weighted by Gasteiger charge is 1.91. The average Bonchev–Trinajstić information content (AvgIpc) is 1.63. The van der Waals surface area contributed by atoms with E-state index in [4.69, 9.17) is 4.74 Å². The van der Waals surface area contributed by atoms with Crippen LogP contribution in [0, 0.1) is 0 Å². The largest absolute Gasteiger partial charge is 0.432 e. The Labute approximate surface area is 55.5 Å². The van der Waals surface area contributed by atoms with Crippen LogP contribution in [0.4, 0.5) is 0 Å². The molecule has 0 fully saturated rings. The van der Waals surface area contributed by atoms with Gasteiger partial charge in [-0.1, -0.05) is 6.92 Å². The summed E-state index contributed by atoms with van der Waals surface area (Å²) in [5.41, 5.74) is 0. The van der Waals surface area contributed by atoms with E-state index in [0.29, 0.717) is 5.76 Å². The molecule has 2 heteroatoms. The summed E-state index contributed by atoms with van der Waals surface area (Å²) in [6.45, 7) is 5.16. The van der Waals surface area contributed by atoms with Crippen molar-refractivity contribution in [3.8, 4) is 0 Å². The van der Waals surface area contributed by atoms with E-state index in [1.807, 2.05) is 13.0 Å². The normalized spacial score (nSPS) is 11.2. The lowest BCUT2D eigenvalue weighted by molar-refractivity contribution is -0.136. The summed E-state index contributed by atoms with van der Waals surface area (Å²) in [4.78, 5) is 10.3. The topological polar surface area (TPSA) is 26.3 Å². The maximum Gasteiger partial charge on any atom is 0.307 e. The summed E-state index contributed by atoms with van der Waals surface area (Å²) in [5.74, 6) is 0.433. The summed E-state index contributed by atoms with van der Waals surface area (Å²) in [6, 6.07) is 0. The molecule has 0 aromatic rings. The van der Waals surface area contributed by atoms with E-state index in [0.717, 1.165) is 6.42 Å². The fraction of sp³-hybridized carbons (Fsp3) is 0.571. The molecule has 0 spiro atoms. The van der Waals surface area contributed by atoms with Crippen LogP contribution in [-0.2, 0) is 9.53 Å². The maximum absolute atomic E-state index is 10.3. The predicted octanol–water partition coefficient (Wildman–Crippen LogP) is 1.86. The summed E-state index contributed by atoms with van der Waals surface area (Å²) < 4.78 is 4.71. The fourth-order valence-corrected chi connectivity index (χ4v) is 0.556. The molecule has 0 aliphatic rings. The van der Waals surface area contributed by atoms with Crippen LogP contribution >= 0.6 is 0 Å². The molecule has 0 aromatic heterocycles. The second-order valence-electron chi connectivity index (χ2n) is 1.82. The van der Waals surface area contributed by atoms with E-state index < -0.39 is 0 Å². The van der Waals surface area contributed by atoms with Crippen molar-refractivity contribution in [2.24, 2.45) is 0 Å². The number of rotatable bonds is 2. The number of ether oxygens (including phenoxy) is 1. The Balaban J connectivity index is 3.62. The van der Waals surface area contributed by atoms with Crippen LogP contribution in [-0.4, -0.2) is 5.97 Å². The van der Waals surface area contributed by atoms with Crippen molar-refractivity contribution in [1.82, 2.24) is 0 Å². The molecule has 0 heterocycles. The quantitative estimate of drug-likeness (QED) is 0.419. The number of allylic oxidation sites excluding steroid dienone is 2. The first kappa shape index (κ1) is 8.21. The van der Waals surface area contributed by atoms with Crippen LogP contribution in [0.15, 0.2) is 11.8 Å². The van der Waals surface area contributed by atoms with Crippen LogP contribution < -0.4 is 0 Å². The zero-order valence-electron chi connectivity index (χ0n) is 6.10. The van der Waals surface area contributed by atoms with Crippen LogP contribution in [0.25, 0.3) is 0 Å². The molecule has 0 aliphatic carbocycles. The van der Waals surface area contributed by atoms with Crippen molar-refractivity contribution < 1.29 is 9.53 Å². The summed E-state index contributed by atoms with van der Waals surface area (Å²) in [5, 5.41) is 0. The molecule has 0 N–H and O–H groups in total. The molecule has 0 saturated heterocycles. The Morgan fingerprint density at radius 2 is 2.11 bits per heavy atom. The number of carbonyl (C=O) groups excluding carboxylic acids is 1. The Hall–Kier alpha value is -0.790. The van der Waals surface area contributed by atoms with E-state index in [-0.39, 0.29) is 5.97 Å². The van der Waals surface area contributed by atoms with Crippen LogP contribution in [0.3, 0.4) is 0 Å². The molecule has 0 saturated carbocycles. The van der Waals surface area contributed by atoms with Crippen molar-refractivity contribution in [3.63, 3.8) is 0 Å². The van der Waals surface area contributed by atoms with Gasteiger partial charge in [-0.05, 0) is 19.4 Å². The van der Waals surface area contributed by atoms with Gasteiger partial charge >= 0.3 is 5.97 Å². The third kappa shape index (κ3) is 5.07. The number of hydrogen-bond acceptors (Lipinski definition) is 2. The molecule has 0 unspecified atom stereocenters. The standard InChI is InChI=1S/C7H12O2/c1-4-5-6(2)9-7(3)8/h5H,4H2,1-3H3. The number of esters is 1. The van der Waals surface area contributed by atoms with Crippen molar-refractivity contribution in [2.45, 2.75) is 27.2 Å². The van der Waals surface area contributed by atoms with Crippen molar-refractivity contribution in [3.05, 3.63) is 11.8 Å². The van der Waals surface area contributed by atoms with Crippen LogP contribution in [0.2, 0.25) is 0 Å². The third-order valence-corrected chi connectivity index (χ3v) is 0.796. The molecule has 0 amide bonds. The van der Waals surface area contributed by atoms with Gasteiger partial charge in [-0.2, -0.15) is 0 Å². The summed E-state index contributed by atoms with van der Waals surface area (Å²) in [7, 11) is 0. The van der Waals surface area contributed by atoms with E-state index in [1.54, 1.807) is 6.92 Å². The van der Waals surface area contributed by atoms with Gasteiger partial charge in [-0.3, -0.25) is 4.79 Å². The van der Waals surface area contributed by atoms with E-state index in [9.17, 15) is 4.79 Å². The van der Waals surface area contributed by atoms with Gasteiger partial charge in [0.1, 0.15) is 5.76 Å². The lowest BCUT2D eigenvalue weighted by Gasteiger charge is -1.97. The second kappa shape index (κ2) is 4.13. The first-order chi connectivity index (χ1) is 4.16. The molecule has 2 nitrogen and oxygen atoms in total. The predicted molar refractivity (Wildman–Crippen MR) is 35.8 cm³/mol. The molecule has 0 aliphatic heterocycles. The highest BCUT2D eigenvalue weighted by molar-refractivity contribution is 5.67. The van der Waals surface area contributed by atoms with Gasteiger partial charge in [-0.15, -0.1) is 0 Å². The van der Waals surface area contributed by atoms with Gasteiger partial charge < -0.3 is 4.74 Å². The number of carbonyl (C=O) groups is 1. The van der Waals surface area contributed by atoms with Crippen molar-refractivity contribution >= 4 is 5.97 Å². The van der Waals surface area contributed by atoms with E-state index in [1.165, 1.54) is 6.92 Å². The average molecular weight is 128 g/mol. The maximum atomic E-state index is 10.3. The zero-order chi connectivity index (χ0) is 7.28. The molecule has 0 radical (unpaired) electrons. The smallest absolute Gasteiger partial charge is 0.307 e. The summed E-state index contributed by atoms with van der Waals surface area (Å²) in [6.07, 6.45) is 2.76. The monoisotopic (exact) mass is 128 g/mol. The van der Waals surface area contributed by atoms with E-state index in [2.05, 4.69) is 0 Å². The van der Waals surface area contributed by atoms with Crippen molar-refractivity contribution in [2.75, 3.05) is 0 Å². The minimum atomic E-state index is -0.253. The second-order valence-corrected chi connectivity index (χ2v) is 1.82. The highest BCUT2D eigenvalue weighted by Crippen LogP contribution is 1.96. The third-order valence-electron chi connectivity index (χ3n) is 0.796. The molecular weight excluding hydrogens is 116 g/mol. The Kier molecular flexibility index (Phi) is 3.76. The molecule has 0 rings (SSSR count). The molecule has 0 bridgehead atoms. The Morgan fingerprint density at radius 1 is 1.56 bits per heavy atom. The van der Waals surface area contributed by atoms with Crippen molar-refractivity contribution in [1.29, 1.82) is 0 Å². The lowest BCUT2D eigenvalue weighted by atomic mass is 10.4. The highest BCUT2D eigenvalue weighted by atomic mass is 16.5. The van der Waals surface area contributed by atoms with Gasteiger partial charge in [0.05, 0.1) is 0 Å². The van der Waals surface area contributed by atoms with Gasteiger partial charge in [0.15, 0.2) is 0 Å². The Bertz CT molecular complexity index is 125. The minimum absolute atomic E-state index is 0.253. The van der Waals surface area contributed by atoms with Gasteiger partial charge in [0, 0.05) is 6.92 Å². The van der Waals surface area contributed by atoms with Gasteiger partial charge in [0.25, 0.3) is 0 Å². The van der Waals surface area contributed by atoms with Crippen LogP contribution in [0.1, 0.15) is 27.2 Å². The zero-order valence-corrected chi connectivity index (χ0v) is 6.10. The fourth-order valence-electron chi connectivity index (χ4n) is 0.556. The molecule has 0 aromatic carbocycles. The van der Waals surface area contributed by atoms with Crippen LogP contribution in [0.5, 0.6) is 0 Å². The number of hydrogen-bond donors (Lipinski definition) is 0. The first-order valence-electron chi connectivity index (χ1n) is 3.02. The first-order valence-corrected chi connectivity index (χ1v) is 3.02. The molecule has 52 valence electrons. The Morgan fingerprint density at radius 3 is 2.44 bits per heavy atom. The molecule has 9 heavy (non-hydrogen) atoms. The molecule has 0 atom stereocenters. The van der Waals surface area contributed by atoms with E-state index >= 15 is 0 Å². The molecular formula is C7H12O2. The minimum Gasteiger partial charge on any atom is -0.432 e.